The number of fused-ring (bicyclic) bond motifs is 1. The maximum atomic E-state index is 11.3. The van der Waals surface area contributed by atoms with Crippen molar-refractivity contribution < 1.29 is 4.79 Å². The van der Waals surface area contributed by atoms with E-state index in [4.69, 9.17) is 0 Å². The largest absolute Gasteiger partial charge is 0.340 e. The number of carbonyl (C=O) groups is 1. The minimum Gasteiger partial charge on any atom is -0.340 e. The molecule has 2 heteroatoms. The van der Waals surface area contributed by atoms with E-state index < -0.39 is 0 Å². The third-order valence-electron chi connectivity index (χ3n) is 2.58. The van der Waals surface area contributed by atoms with Crippen molar-refractivity contribution in [3.05, 3.63) is 0 Å². The normalized spacial score (nSPS) is 37.1. The highest BCUT2D eigenvalue weighted by Crippen LogP contribution is 2.46. The third-order valence-corrected chi connectivity index (χ3v) is 2.58. The molecule has 1 aliphatic heterocycles. The van der Waals surface area contributed by atoms with E-state index in [1.807, 2.05) is 4.90 Å². The van der Waals surface area contributed by atoms with Gasteiger partial charge in [0.25, 0.3) is 0 Å². The first-order chi connectivity index (χ1) is 4.70. The number of amides is 1. The van der Waals surface area contributed by atoms with Crippen LogP contribution in [0, 0.1) is 11.8 Å². The molecule has 0 aromatic carbocycles. The fourth-order valence-corrected chi connectivity index (χ4v) is 1.77. The fraction of sp³-hybridized carbons (Fsp3) is 0.875. The lowest BCUT2D eigenvalue weighted by molar-refractivity contribution is -0.131. The van der Waals surface area contributed by atoms with E-state index in [0.29, 0.717) is 17.9 Å². The Morgan fingerprint density at radius 1 is 1.60 bits per heavy atom. The zero-order valence-corrected chi connectivity index (χ0v) is 6.50. The molecule has 0 bridgehead atoms. The van der Waals surface area contributed by atoms with Crippen LogP contribution in [0.2, 0.25) is 0 Å². The van der Waals surface area contributed by atoms with Crippen molar-refractivity contribution >= 4 is 5.91 Å². The van der Waals surface area contributed by atoms with E-state index in [1.165, 1.54) is 6.42 Å². The van der Waals surface area contributed by atoms with Gasteiger partial charge in [0.15, 0.2) is 0 Å². The van der Waals surface area contributed by atoms with Crippen LogP contribution in [0.25, 0.3) is 0 Å². The van der Waals surface area contributed by atoms with Crippen molar-refractivity contribution in [1.29, 1.82) is 0 Å². The quantitative estimate of drug-likeness (QED) is 0.528. The summed E-state index contributed by atoms with van der Waals surface area (Å²) in [6.45, 7) is 5.20. The zero-order chi connectivity index (χ0) is 7.30. The van der Waals surface area contributed by atoms with E-state index in [9.17, 15) is 4.79 Å². The molecule has 56 valence electrons. The van der Waals surface area contributed by atoms with Crippen LogP contribution in [0.15, 0.2) is 0 Å². The van der Waals surface area contributed by atoms with Gasteiger partial charge < -0.3 is 4.90 Å². The van der Waals surface area contributed by atoms with Gasteiger partial charge in [0.1, 0.15) is 0 Å². The van der Waals surface area contributed by atoms with Crippen LogP contribution in [0.5, 0.6) is 0 Å². The number of hydrogen-bond donors (Lipinski definition) is 0. The zero-order valence-electron chi connectivity index (χ0n) is 6.50. The summed E-state index contributed by atoms with van der Waals surface area (Å²) in [7, 11) is 0. The van der Waals surface area contributed by atoms with Crippen molar-refractivity contribution in [3.8, 4) is 0 Å². The van der Waals surface area contributed by atoms with Crippen LogP contribution in [0.3, 0.4) is 0 Å². The van der Waals surface area contributed by atoms with Gasteiger partial charge in [0, 0.05) is 18.5 Å². The lowest BCUT2D eigenvalue weighted by Crippen LogP contribution is -2.34. The molecular weight excluding hydrogens is 126 g/mol. The number of rotatable bonds is 1. The standard InChI is InChI=1S/C8H13NO/c1-5(2)9-4-6-3-7(6)8(9)10/h5-7H,3-4H2,1-2H3/t6-,7-/m0/s1. The molecule has 2 atom stereocenters. The van der Waals surface area contributed by atoms with E-state index in [1.54, 1.807) is 0 Å². The van der Waals surface area contributed by atoms with Gasteiger partial charge in [-0.25, -0.2) is 0 Å². The fourth-order valence-electron chi connectivity index (χ4n) is 1.77. The second-order valence-corrected chi connectivity index (χ2v) is 3.69. The number of nitrogens with zero attached hydrogens (tertiary/aromatic N) is 1. The summed E-state index contributed by atoms with van der Waals surface area (Å²) in [5.41, 5.74) is 0. The molecule has 1 amide bonds. The van der Waals surface area contributed by atoms with Gasteiger partial charge in [-0.05, 0) is 26.2 Å². The van der Waals surface area contributed by atoms with Crippen LogP contribution in [-0.2, 0) is 4.79 Å². The Hall–Kier alpha value is -0.530. The molecule has 1 saturated carbocycles. The summed E-state index contributed by atoms with van der Waals surface area (Å²) in [5.74, 6) is 1.57. The Labute approximate surface area is 61.2 Å². The molecule has 2 rings (SSSR count). The Morgan fingerprint density at radius 2 is 2.30 bits per heavy atom. The molecule has 0 aromatic heterocycles. The van der Waals surface area contributed by atoms with E-state index in [0.717, 1.165) is 12.5 Å². The molecule has 10 heavy (non-hydrogen) atoms. The summed E-state index contributed by atoms with van der Waals surface area (Å²) >= 11 is 0. The molecule has 1 aliphatic carbocycles. The Kier molecular flexibility index (Phi) is 1.08. The van der Waals surface area contributed by atoms with Crippen LogP contribution in [-0.4, -0.2) is 23.4 Å². The highest BCUT2D eigenvalue weighted by Gasteiger charge is 2.52. The Morgan fingerprint density at radius 3 is 2.60 bits per heavy atom. The molecule has 0 radical (unpaired) electrons. The molecule has 0 aromatic rings. The van der Waals surface area contributed by atoms with Gasteiger partial charge in [-0.1, -0.05) is 0 Å². The molecule has 2 aliphatic rings. The first kappa shape index (κ1) is 6.20. The Bertz CT molecular complexity index is 176. The average molecular weight is 139 g/mol. The lowest BCUT2D eigenvalue weighted by atomic mass is 10.3. The van der Waals surface area contributed by atoms with Gasteiger partial charge in [0.05, 0.1) is 0 Å². The van der Waals surface area contributed by atoms with Gasteiger partial charge in [-0.3, -0.25) is 4.79 Å². The monoisotopic (exact) mass is 139 g/mol. The Balaban J connectivity index is 2.07. The second kappa shape index (κ2) is 1.74. The highest BCUT2D eigenvalue weighted by molar-refractivity contribution is 5.84. The number of carbonyl (C=O) groups excluding carboxylic acids is 1. The molecule has 0 unspecified atom stereocenters. The number of likely N-dealkylation sites (tertiary alicyclic amines) is 1. The number of piperidine rings is 1. The average Bonchev–Trinajstić information content (AvgIpc) is 2.54. The molecule has 0 spiro atoms. The topological polar surface area (TPSA) is 20.3 Å². The summed E-state index contributed by atoms with van der Waals surface area (Å²) in [4.78, 5) is 13.3. The van der Waals surface area contributed by atoms with Crippen LogP contribution in [0.4, 0.5) is 0 Å². The SMILES string of the molecule is CC(C)N1C[C@@H]2C[C@@H]2C1=O. The smallest absolute Gasteiger partial charge is 0.226 e. The van der Waals surface area contributed by atoms with Crippen LogP contribution in [0.1, 0.15) is 20.3 Å². The van der Waals surface area contributed by atoms with Gasteiger partial charge in [0.2, 0.25) is 5.91 Å². The molecule has 0 N–H and O–H groups in total. The third kappa shape index (κ3) is 0.678. The molecule has 1 saturated heterocycles. The van der Waals surface area contributed by atoms with Crippen molar-refractivity contribution in [2.24, 2.45) is 11.8 Å². The minimum absolute atomic E-state index is 0.403. The van der Waals surface area contributed by atoms with Gasteiger partial charge in [-0.15, -0.1) is 0 Å². The maximum absolute atomic E-state index is 11.3. The molecule has 2 fully saturated rings. The predicted molar refractivity (Wildman–Crippen MR) is 38.4 cm³/mol. The van der Waals surface area contributed by atoms with Gasteiger partial charge in [-0.2, -0.15) is 0 Å². The lowest BCUT2D eigenvalue weighted by Gasteiger charge is -2.22. The first-order valence-electron chi connectivity index (χ1n) is 4.00. The van der Waals surface area contributed by atoms with E-state index in [-0.39, 0.29) is 0 Å². The first-order valence-corrected chi connectivity index (χ1v) is 4.00. The molecule has 1 heterocycles. The van der Waals surface area contributed by atoms with E-state index in [2.05, 4.69) is 13.8 Å². The molecule has 2 nitrogen and oxygen atoms in total. The summed E-state index contributed by atoms with van der Waals surface area (Å²) in [6, 6.07) is 0.417. The van der Waals surface area contributed by atoms with Crippen molar-refractivity contribution in [2.45, 2.75) is 26.3 Å². The maximum Gasteiger partial charge on any atom is 0.226 e. The van der Waals surface area contributed by atoms with Crippen LogP contribution < -0.4 is 0 Å². The summed E-state index contributed by atoms with van der Waals surface area (Å²) in [6.07, 6.45) is 1.17. The predicted octanol–water partition coefficient (Wildman–Crippen LogP) is 0.873. The van der Waals surface area contributed by atoms with Crippen molar-refractivity contribution in [3.63, 3.8) is 0 Å². The van der Waals surface area contributed by atoms with Crippen molar-refractivity contribution in [2.75, 3.05) is 6.54 Å². The molecular formula is C8H13NO. The summed E-state index contributed by atoms with van der Waals surface area (Å²) < 4.78 is 0. The highest BCUT2D eigenvalue weighted by atomic mass is 16.2. The summed E-state index contributed by atoms with van der Waals surface area (Å²) in [5, 5.41) is 0. The van der Waals surface area contributed by atoms with Crippen LogP contribution >= 0.6 is 0 Å². The van der Waals surface area contributed by atoms with Gasteiger partial charge >= 0.3 is 0 Å². The minimum atomic E-state index is 0.403. The number of hydrogen-bond acceptors (Lipinski definition) is 1. The van der Waals surface area contributed by atoms with Crippen molar-refractivity contribution in [1.82, 2.24) is 4.90 Å². The van der Waals surface area contributed by atoms with E-state index >= 15 is 0 Å². The second-order valence-electron chi connectivity index (χ2n) is 3.69.